The molecule has 1 unspecified atom stereocenters. The van der Waals surface area contributed by atoms with Crippen molar-refractivity contribution >= 4 is 5.78 Å². The molecule has 0 aromatic heterocycles. The number of ketones is 1. The minimum atomic E-state index is 0.156. The minimum Gasteiger partial charge on any atom is -0.299 e. The predicted molar refractivity (Wildman–Crippen MR) is 51.0 cm³/mol. The molecule has 1 aliphatic carbocycles. The highest BCUT2D eigenvalue weighted by Gasteiger charge is 2.32. The van der Waals surface area contributed by atoms with Crippen LogP contribution in [-0.2, 0) is 4.79 Å². The first-order valence-corrected chi connectivity index (χ1v) is 4.95. The van der Waals surface area contributed by atoms with Crippen LogP contribution in [0.3, 0.4) is 0 Å². The zero-order valence-corrected chi connectivity index (χ0v) is 8.47. The zero-order chi connectivity index (χ0) is 9.90. The Morgan fingerprint density at radius 3 is 2.92 bits per heavy atom. The van der Waals surface area contributed by atoms with Gasteiger partial charge >= 0.3 is 0 Å². The Morgan fingerprint density at radius 1 is 1.62 bits per heavy atom. The molecular formula is C11H17NO. The molecule has 0 N–H and O–H groups in total. The standard InChI is InChI=1S/C11H17NO/c1-11(2)6-5-10(13)9(8-11)4-3-7-12/h9H,3-6,8H2,1-2H3. The molecule has 1 fully saturated rings. The van der Waals surface area contributed by atoms with Gasteiger partial charge in [-0.2, -0.15) is 5.26 Å². The van der Waals surface area contributed by atoms with Crippen molar-refractivity contribution in [2.45, 2.75) is 46.0 Å². The highest BCUT2D eigenvalue weighted by molar-refractivity contribution is 5.81. The molecule has 0 aromatic rings. The monoisotopic (exact) mass is 179 g/mol. The number of Topliss-reactive ketones (excluding diaryl/α,β-unsaturated/α-hetero) is 1. The van der Waals surface area contributed by atoms with Crippen molar-refractivity contribution in [2.24, 2.45) is 11.3 Å². The lowest BCUT2D eigenvalue weighted by Gasteiger charge is -2.33. The summed E-state index contributed by atoms with van der Waals surface area (Å²) in [6.45, 7) is 4.41. The lowest BCUT2D eigenvalue weighted by molar-refractivity contribution is -0.127. The Morgan fingerprint density at radius 2 is 2.31 bits per heavy atom. The maximum atomic E-state index is 11.5. The Labute approximate surface area is 79.9 Å². The van der Waals surface area contributed by atoms with Gasteiger partial charge in [0.25, 0.3) is 0 Å². The molecule has 0 saturated heterocycles. The fourth-order valence-corrected chi connectivity index (χ4v) is 2.05. The van der Waals surface area contributed by atoms with E-state index in [-0.39, 0.29) is 5.92 Å². The Hall–Kier alpha value is -0.840. The third-order valence-electron chi connectivity index (χ3n) is 2.91. The third kappa shape index (κ3) is 2.84. The maximum absolute atomic E-state index is 11.5. The summed E-state index contributed by atoms with van der Waals surface area (Å²) in [4.78, 5) is 11.5. The van der Waals surface area contributed by atoms with Crippen LogP contribution in [0, 0.1) is 22.7 Å². The largest absolute Gasteiger partial charge is 0.299 e. The van der Waals surface area contributed by atoms with E-state index in [2.05, 4.69) is 19.9 Å². The van der Waals surface area contributed by atoms with Gasteiger partial charge in [-0.3, -0.25) is 4.79 Å². The van der Waals surface area contributed by atoms with Crippen LogP contribution in [0.4, 0.5) is 0 Å². The normalized spacial score (nSPS) is 26.8. The van der Waals surface area contributed by atoms with Crippen LogP contribution in [0.25, 0.3) is 0 Å². The summed E-state index contributed by atoms with van der Waals surface area (Å²) in [5.74, 6) is 0.526. The van der Waals surface area contributed by atoms with Gasteiger partial charge in [-0.15, -0.1) is 0 Å². The van der Waals surface area contributed by atoms with E-state index in [9.17, 15) is 4.79 Å². The van der Waals surface area contributed by atoms with E-state index < -0.39 is 0 Å². The van der Waals surface area contributed by atoms with Gasteiger partial charge in [0, 0.05) is 18.8 Å². The van der Waals surface area contributed by atoms with Crippen molar-refractivity contribution < 1.29 is 4.79 Å². The van der Waals surface area contributed by atoms with E-state index in [1.54, 1.807) is 0 Å². The lowest BCUT2D eigenvalue weighted by atomic mass is 9.70. The molecule has 2 nitrogen and oxygen atoms in total. The highest BCUT2D eigenvalue weighted by Crippen LogP contribution is 2.38. The van der Waals surface area contributed by atoms with Gasteiger partial charge in [-0.05, 0) is 24.7 Å². The number of carbonyl (C=O) groups excluding carboxylic acids is 1. The fourth-order valence-electron chi connectivity index (χ4n) is 2.05. The molecular weight excluding hydrogens is 162 g/mol. The summed E-state index contributed by atoms with van der Waals surface area (Å²) in [6.07, 6.45) is 3.97. The molecule has 2 heteroatoms. The average Bonchev–Trinajstić information content (AvgIpc) is 2.07. The van der Waals surface area contributed by atoms with Crippen LogP contribution in [0.15, 0.2) is 0 Å². The van der Waals surface area contributed by atoms with Crippen LogP contribution < -0.4 is 0 Å². The van der Waals surface area contributed by atoms with E-state index >= 15 is 0 Å². The molecule has 0 bridgehead atoms. The van der Waals surface area contributed by atoms with Gasteiger partial charge < -0.3 is 0 Å². The van der Waals surface area contributed by atoms with E-state index in [1.807, 2.05) is 0 Å². The van der Waals surface area contributed by atoms with Crippen molar-refractivity contribution in [3.63, 3.8) is 0 Å². The number of nitriles is 1. The summed E-state index contributed by atoms with van der Waals surface area (Å²) in [5.41, 5.74) is 0.300. The number of carbonyl (C=O) groups is 1. The Balaban J connectivity index is 2.51. The molecule has 1 rings (SSSR count). The van der Waals surface area contributed by atoms with Gasteiger partial charge in [-0.25, -0.2) is 0 Å². The maximum Gasteiger partial charge on any atom is 0.136 e. The van der Waals surface area contributed by atoms with E-state index in [0.29, 0.717) is 24.0 Å². The van der Waals surface area contributed by atoms with Crippen molar-refractivity contribution in [1.29, 1.82) is 5.26 Å². The molecule has 1 atom stereocenters. The molecule has 0 radical (unpaired) electrons. The molecule has 1 saturated carbocycles. The lowest BCUT2D eigenvalue weighted by Crippen LogP contribution is -2.29. The number of rotatable bonds is 2. The van der Waals surface area contributed by atoms with Crippen LogP contribution in [-0.4, -0.2) is 5.78 Å². The van der Waals surface area contributed by atoms with Crippen LogP contribution in [0.1, 0.15) is 46.0 Å². The fraction of sp³-hybridized carbons (Fsp3) is 0.818. The molecule has 0 spiro atoms. The number of nitrogens with zero attached hydrogens (tertiary/aromatic N) is 1. The summed E-state index contributed by atoms with van der Waals surface area (Å²) in [6, 6.07) is 2.11. The predicted octanol–water partition coefficient (Wildman–Crippen LogP) is 2.69. The molecule has 0 heterocycles. The number of hydrogen-bond donors (Lipinski definition) is 0. The van der Waals surface area contributed by atoms with Crippen molar-refractivity contribution in [1.82, 2.24) is 0 Å². The van der Waals surface area contributed by atoms with Crippen molar-refractivity contribution in [2.75, 3.05) is 0 Å². The first kappa shape index (κ1) is 10.2. The van der Waals surface area contributed by atoms with E-state index in [0.717, 1.165) is 19.3 Å². The summed E-state index contributed by atoms with van der Waals surface area (Å²) < 4.78 is 0. The van der Waals surface area contributed by atoms with Crippen molar-refractivity contribution in [3.8, 4) is 6.07 Å². The average molecular weight is 179 g/mol. The summed E-state index contributed by atoms with van der Waals surface area (Å²) in [7, 11) is 0. The van der Waals surface area contributed by atoms with E-state index in [4.69, 9.17) is 5.26 Å². The second-order valence-electron chi connectivity index (χ2n) is 4.73. The van der Waals surface area contributed by atoms with Gasteiger partial charge in [0.2, 0.25) is 0 Å². The molecule has 1 aliphatic rings. The van der Waals surface area contributed by atoms with Crippen LogP contribution in [0.5, 0.6) is 0 Å². The Kier molecular flexibility index (Phi) is 3.08. The summed E-state index contributed by atoms with van der Waals surface area (Å²) >= 11 is 0. The number of hydrogen-bond acceptors (Lipinski definition) is 2. The van der Waals surface area contributed by atoms with Crippen LogP contribution >= 0.6 is 0 Å². The molecule has 0 amide bonds. The first-order chi connectivity index (χ1) is 6.05. The summed E-state index contributed by atoms with van der Waals surface area (Å²) in [5, 5.41) is 8.45. The van der Waals surface area contributed by atoms with Gasteiger partial charge in [0.15, 0.2) is 0 Å². The third-order valence-corrected chi connectivity index (χ3v) is 2.91. The zero-order valence-electron chi connectivity index (χ0n) is 8.47. The SMILES string of the molecule is CC1(C)CCC(=O)C(CCC#N)C1. The molecule has 0 aliphatic heterocycles. The topological polar surface area (TPSA) is 40.9 Å². The minimum absolute atomic E-state index is 0.156. The molecule has 13 heavy (non-hydrogen) atoms. The second kappa shape index (κ2) is 3.91. The van der Waals surface area contributed by atoms with Gasteiger partial charge in [-0.1, -0.05) is 13.8 Å². The van der Waals surface area contributed by atoms with Gasteiger partial charge in [0.1, 0.15) is 5.78 Å². The van der Waals surface area contributed by atoms with Crippen molar-refractivity contribution in [3.05, 3.63) is 0 Å². The molecule has 0 aromatic carbocycles. The Bertz CT molecular complexity index is 237. The quantitative estimate of drug-likeness (QED) is 0.654. The highest BCUT2D eigenvalue weighted by atomic mass is 16.1. The molecule has 72 valence electrons. The van der Waals surface area contributed by atoms with Gasteiger partial charge in [0.05, 0.1) is 6.07 Å². The smallest absolute Gasteiger partial charge is 0.136 e. The van der Waals surface area contributed by atoms with Crippen LogP contribution in [0.2, 0.25) is 0 Å². The first-order valence-electron chi connectivity index (χ1n) is 4.95. The van der Waals surface area contributed by atoms with E-state index in [1.165, 1.54) is 0 Å². The second-order valence-corrected chi connectivity index (χ2v) is 4.73.